The largest absolute Gasteiger partial charge is 0.393 e. The van der Waals surface area contributed by atoms with Gasteiger partial charge in [-0.1, -0.05) is 6.42 Å². The summed E-state index contributed by atoms with van der Waals surface area (Å²) in [5.41, 5.74) is -0.632. The van der Waals surface area contributed by atoms with Crippen LogP contribution in [0, 0.1) is 5.92 Å². The molecular weight excluding hydrogens is 178 g/mol. The summed E-state index contributed by atoms with van der Waals surface area (Å²) < 4.78 is 0. The molecule has 1 fully saturated rings. The van der Waals surface area contributed by atoms with Crippen molar-refractivity contribution in [2.24, 2.45) is 5.92 Å². The van der Waals surface area contributed by atoms with Crippen LogP contribution in [-0.4, -0.2) is 35.0 Å². The highest BCUT2D eigenvalue weighted by molar-refractivity contribution is 4.75. The molecule has 1 aliphatic rings. The van der Waals surface area contributed by atoms with E-state index in [1.165, 1.54) is 6.42 Å². The monoisotopic (exact) mass is 201 g/mol. The predicted octanol–water partition coefficient (Wildman–Crippen LogP) is 0.898. The van der Waals surface area contributed by atoms with Crippen molar-refractivity contribution >= 4 is 0 Å². The van der Waals surface area contributed by atoms with Crippen LogP contribution in [0.5, 0.6) is 0 Å². The van der Waals surface area contributed by atoms with E-state index in [0.29, 0.717) is 12.5 Å². The molecule has 0 radical (unpaired) electrons. The third kappa shape index (κ3) is 4.94. The van der Waals surface area contributed by atoms with Crippen molar-refractivity contribution in [2.45, 2.75) is 51.2 Å². The standard InChI is InChI=1S/C11H23NO2/c1-11(2,14)8-12-7-9-4-3-5-10(13)6-9/h9-10,12-14H,3-8H2,1-2H3. The summed E-state index contributed by atoms with van der Waals surface area (Å²) in [6, 6.07) is 0. The van der Waals surface area contributed by atoms with Gasteiger partial charge in [0.05, 0.1) is 11.7 Å². The molecule has 0 aromatic carbocycles. The Balaban J connectivity index is 2.12. The molecule has 2 atom stereocenters. The van der Waals surface area contributed by atoms with Gasteiger partial charge in [-0.3, -0.25) is 0 Å². The van der Waals surface area contributed by atoms with Crippen LogP contribution in [0.3, 0.4) is 0 Å². The average molecular weight is 201 g/mol. The Morgan fingerprint density at radius 2 is 2.07 bits per heavy atom. The summed E-state index contributed by atoms with van der Waals surface area (Å²) >= 11 is 0. The molecule has 84 valence electrons. The molecule has 1 rings (SSSR count). The summed E-state index contributed by atoms with van der Waals surface area (Å²) in [5, 5.41) is 22.2. The number of aliphatic hydroxyl groups is 2. The van der Waals surface area contributed by atoms with Crippen LogP contribution in [0.25, 0.3) is 0 Å². The Hall–Kier alpha value is -0.120. The third-order valence-corrected chi connectivity index (χ3v) is 2.75. The average Bonchev–Trinajstić information content (AvgIpc) is 2.01. The summed E-state index contributed by atoms with van der Waals surface area (Å²) in [4.78, 5) is 0. The maximum absolute atomic E-state index is 9.49. The van der Waals surface area contributed by atoms with Gasteiger partial charge in [-0.15, -0.1) is 0 Å². The molecule has 0 bridgehead atoms. The van der Waals surface area contributed by atoms with Crippen LogP contribution in [0.1, 0.15) is 39.5 Å². The fraction of sp³-hybridized carbons (Fsp3) is 1.00. The van der Waals surface area contributed by atoms with Crippen LogP contribution in [0.15, 0.2) is 0 Å². The second kappa shape index (κ2) is 5.10. The van der Waals surface area contributed by atoms with E-state index in [-0.39, 0.29) is 6.10 Å². The Labute approximate surface area is 86.5 Å². The number of hydrogen-bond donors (Lipinski definition) is 3. The zero-order valence-corrected chi connectivity index (χ0v) is 9.29. The predicted molar refractivity (Wildman–Crippen MR) is 57.1 cm³/mol. The summed E-state index contributed by atoms with van der Waals surface area (Å²) in [5.74, 6) is 0.584. The fourth-order valence-corrected chi connectivity index (χ4v) is 2.03. The zero-order valence-electron chi connectivity index (χ0n) is 9.29. The van der Waals surface area contributed by atoms with Gasteiger partial charge in [-0.2, -0.15) is 0 Å². The van der Waals surface area contributed by atoms with Crippen molar-refractivity contribution in [3.8, 4) is 0 Å². The van der Waals surface area contributed by atoms with Crippen molar-refractivity contribution in [3.63, 3.8) is 0 Å². The number of rotatable bonds is 4. The molecule has 0 spiro atoms. The van der Waals surface area contributed by atoms with Crippen molar-refractivity contribution < 1.29 is 10.2 Å². The Bertz CT molecular complexity index is 165. The minimum atomic E-state index is -0.632. The van der Waals surface area contributed by atoms with Crippen LogP contribution in [-0.2, 0) is 0 Å². The molecule has 14 heavy (non-hydrogen) atoms. The van der Waals surface area contributed by atoms with E-state index in [0.717, 1.165) is 25.8 Å². The van der Waals surface area contributed by atoms with E-state index >= 15 is 0 Å². The Kier molecular flexibility index (Phi) is 4.35. The van der Waals surface area contributed by atoms with Crippen molar-refractivity contribution in [3.05, 3.63) is 0 Å². The van der Waals surface area contributed by atoms with Crippen LogP contribution in [0.2, 0.25) is 0 Å². The molecule has 0 aliphatic heterocycles. The SMILES string of the molecule is CC(C)(O)CNCC1CCCC(O)C1. The lowest BCUT2D eigenvalue weighted by atomic mass is 9.87. The van der Waals surface area contributed by atoms with E-state index in [9.17, 15) is 10.2 Å². The highest BCUT2D eigenvalue weighted by atomic mass is 16.3. The van der Waals surface area contributed by atoms with Gasteiger partial charge in [-0.25, -0.2) is 0 Å². The van der Waals surface area contributed by atoms with E-state index in [2.05, 4.69) is 5.32 Å². The maximum atomic E-state index is 9.49. The number of hydrogen-bond acceptors (Lipinski definition) is 3. The minimum Gasteiger partial charge on any atom is -0.393 e. The Morgan fingerprint density at radius 3 is 2.64 bits per heavy atom. The van der Waals surface area contributed by atoms with Gasteiger partial charge in [0, 0.05) is 6.54 Å². The van der Waals surface area contributed by atoms with Crippen LogP contribution in [0.4, 0.5) is 0 Å². The van der Waals surface area contributed by atoms with Gasteiger partial charge in [0.15, 0.2) is 0 Å². The summed E-state index contributed by atoms with van der Waals surface area (Å²) in [6.07, 6.45) is 4.12. The lowest BCUT2D eigenvalue weighted by molar-refractivity contribution is 0.0723. The first kappa shape index (κ1) is 12.0. The van der Waals surface area contributed by atoms with Crippen LogP contribution >= 0.6 is 0 Å². The molecule has 0 amide bonds. The molecule has 0 aromatic heterocycles. The first-order valence-corrected chi connectivity index (χ1v) is 5.58. The fourth-order valence-electron chi connectivity index (χ4n) is 2.03. The third-order valence-electron chi connectivity index (χ3n) is 2.75. The van der Waals surface area contributed by atoms with Gasteiger partial charge in [0.1, 0.15) is 0 Å². The van der Waals surface area contributed by atoms with Gasteiger partial charge in [0.2, 0.25) is 0 Å². The van der Waals surface area contributed by atoms with Gasteiger partial charge in [0.25, 0.3) is 0 Å². The molecule has 0 saturated heterocycles. The lowest BCUT2D eigenvalue weighted by Crippen LogP contribution is -2.38. The van der Waals surface area contributed by atoms with E-state index < -0.39 is 5.60 Å². The van der Waals surface area contributed by atoms with Crippen LogP contribution < -0.4 is 5.32 Å². The molecule has 1 saturated carbocycles. The second-order valence-corrected chi connectivity index (χ2v) is 5.13. The van der Waals surface area contributed by atoms with Gasteiger partial charge in [-0.05, 0) is 45.6 Å². The number of aliphatic hydroxyl groups excluding tert-OH is 1. The second-order valence-electron chi connectivity index (χ2n) is 5.13. The maximum Gasteiger partial charge on any atom is 0.0715 e. The zero-order chi connectivity index (χ0) is 10.6. The highest BCUT2D eigenvalue weighted by Crippen LogP contribution is 2.23. The van der Waals surface area contributed by atoms with Gasteiger partial charge < -0.3 is 15.5 Å². The molecule has 0 aromatic rings. The smallest absolute Gasteiger partial charge is 0.0715 e. The topological polar surface area (TPSA) is 52.5 Å². The highest BCUT2D eigenvalue weighted by Gasteiger charge is 2.20. The summed E-state index contributed by atoms with van der Waals surface area (Å²) in [7, 11) is 0. The van der Waals surface area contributed by atoms with E-state index in [1.807, 2.05) is 0 Å². The van der Waals surface area contributed by atoms with Crippen molar-refractivity contribution in [2.75, 3.05) is 13.1 Å². The molecule has 0 heterocycles. The molecular formula is C11H23NO2. The Morgan fingerprint density at radius 1 is 1.36 bits per heavy atom. The van der Waals surface area contributed by atoms with Crippen molar-refractivity contribution in [1.29, 1.82) is 0 Å². The summed E-state index contributed by atoms with van der Waals surface area (Å²) in [6.45, 7) is 5.14. The normalized spacial score (nSPS) is 29.1. The molecule has 3 nitrogen and oxygen atoms in total. The van der Waals surface area contributed by atoms with E-state index in [4.69, 9.17) is 0 Å². The quantitative estimate of drug-likeness (QED) is 0.633. The lowest BCUT2D eigenvalue weighted by Gasteiger charge is -2.27. The van der Waals surface area contributed by atoms with Crippen molar-refractivity contribution in [1.82, 2.24) is 5.32 Å². The first-order valence-electron chi connectivity index (χ1n) is 5.58. The molecule has 3 heteroatoms. The minimum absolute atomic E-state index is 0.0994. The first-order chi connectivity index (χ1) is 6.47. The molecule has 3 N–H and O–H groups in total. The molecule has 2 unspecified atom stereocenters. The molecule has 1 aliphatic carbocycles. The van der Waals surface area contributed by atoms with E-state index in [1.54, 1.807) is 13.8 Å². The van der Waals surface area contributed by atoms with Gasteiger partial charge >= 0.3 is 0 Å². The number of nitrogens with one attached hydrogen (secondary N) is 1.